The normalized spacial score (nSPS) is 15.5. The summed E-state index contributed by atoms with van der Waals surface area (Å²) >= 11 is 0. The Labute approximate surface area is 117 Å². The van der Waals surface area contributed by atoms with Crippen LogP contribution in [0.1, 0.15) is 24.0 Å². The van der Waals surface area contributed by atoms with Crippen molar-refractivity contribution in [1.82, 2.24) is 5.32 Å². The molecule has 1 aliphatic rings. The van der Waals surface area contributed by atoms with Crippen molar-refractivity contribution < 1.29 is 19.4 Å². The Hall–Kier alpha value is -2.04. The highest BCUT2D eigenvalue weighted by molar-refractivity contribution is 5.84. The van der Waals surface area contributed by atoms with E-state index in [4.69, 9.17) is 9.84 Å². The Balaban J connectivity index is 1.88. The average Bonchev–Trinajstić information content (AvgIpc) is 3.21. The van der Waals surface area contributed by atoms with Gasteiger partial charge in [-0.05, 0) is 49.8 Å². The van der Waals surface area contributed by atoms with E-state index in [1.807, 2.05) is 26.0 Å². The summed E-state index contributed by atoms with van der Waals surface area (Å²) in [5.41, 5.74) is 2.07. The Bertz CT molecular complexity index is 523. The first-order valence-corrected chi connectivity index (χ1v) is 6.70. The Morgan fingerprint density at radius 2 is 2.10 bits per heavy atom. The zero-order valence-corrected chi connectivity index (χ0v) is 11.7. The molecule has 1 amide bonds. The fraction of sp³-hybridized carbons (Fsp3) is 0.467. The molecule has 0 radical (unpaired) electrons. The number of carbonyl (C=O) groups excluding carboxylic acids is 1. The molecular weight excluding hydrogens is 258 g/mol. The topological polar surface area (TPSA) is 75.6 Å². The molecule has 1 aromatic carbocycles. The number of amides is 1. The number of aliphatic carboxylic acids is 1. The smallest absolute Gasteiger partial charge is 0.326 e. The second kappa shape index (κ2) is 5.94. The highest BCUT2D eigenvalue weighted by Crippen LogP contribution is 2.32. The van der Waals surface area contributed by atoms with Gasteiger partial charge in [-0.15, -0.1) is 0 Å². The molecule has 1 saturated carbocycles. The first kappa shape index (κ1) is 14.4. The monoisotopic (exact) mass is 277 g/mol. The van der Waals surface area contributed by atoms with Gasteiger partial charge < -0.3 is 15.2 Å². The highest BCUT2D eigenvalue weighted by atomic mass is 16.5. The molecule has 1 unspecified atom stereocenters. The van der Waals surface area contributed by atoms with E-state index in [0.29, 0.717) is 5.75 Å². The van der Waals surface area contributed by atoms with Crippen LogP contribution in [0.3, 0.4) is 0 Å². The lowest BCUT2D eigenvalue weighted by Gasteiger charge is -2.15. The molecule has 5 nitrogen and oxygen atoms in total. The van der Waals surface area contributed by atoms with Gasteiger partial charge >= 0.3 is 5.97 Å². The minimum Gasteiger partial charge on any atom is -0.483 e. The van der Waals surface area contributed by atoms with Crippen LogP contribution in [0, 0.1) is 19.8 Å². The number of hydrogen-bond acceptors (Lipinski definition) is 3. The fourth-order valence-electron chi connectivity index (χ4n) is 2.05. The molecule has 20 heavy (non-hydrogen) atoms. The van der Waals surface area contributed by atoms with Crippen molar-refractivity contribution in [3.63, 3.8) is 0 Å². The molecule has 108 valence electrons. The number of rotatable bonds is 6. The summed E-state index contributed by atoms with van der Waals surface area (Å²) in [6.07, 6.45) is 1.71. The SMILES string of the molecule is Cc1cccc(OCC(=O)NC(C(=O)O)C2CC2)c1C. The van der Waals surface area contributed by atoms with Crippen LogP contribution in [0.15, 0.2) is 18.2 Å². The van der Waals surface area contributed by atoms with Crippen LogP contribution in [0.2, 0.25) is 0 Å². The van der Waals surface area contributed by atoms with Crippen LogP contribution in [0.5, 0.6) is 5.75 Å². The third-order valence-electron chi connectivity index (χ3n) is 3.59. The van der Waals surface area contributed by atoms with Crippen molar-refractivity contribution in [1.29, 1.82) is 0 Å². The lowest BCUT2D eigenvalue weighted by atomic mass is 10.1. The lowest BCUT2D eigenvalue weighted by molar-refractivity contribution is -0.142. The van der Waals surface area contributed by atoms with E-state index in [1.54, 1.807) is 6.07 Å². The van der Waals surface area contributed by atoms with Gasteiger partial charge in [-0.25, -0.2) is 4.79 Å². The van der Waals surface area contributed by atoms with Crippen LogP contribution in [-0.2, 0) is 9.59 Å². The molecule has 1 aliphatic carbocycles. The number of nitrogens with one attached hydrogen (secondary N) is 1. The maximum absolute atomic E-state index is 11.8. The third-order valence-corrected chi connectivity index (χ3v) is 3.59. The van der Waals surface area contributed by atoms with Crippen molar-refractivity contribution in [2.24, 2.45) is 5.92 Å². The lowest BCUT2D eigenvalue weighted by Crippen LogP contribution is -2.44. The second-order valence-corrected chi connectivity index (χ2v) is 5.21. The molecule has 1 fully saturated rings. The number of hydrogen-bond donors (Lipinski definition) is 2. The summed E-state index contributed by atoms with van der Waals surface area (Å²) in [5.74, 6) is -0.659. The largest absolute Gasteiger partial charge is 0.483 e. The van der Waals surface area contributed by atoms with Crippen molar-refractivity contribution in [3.05, 3.63) is 29.3 Å². The number of ether oxygens (including phenoxy) is 1. The Morgan fingerprint density at radius 3 is 2.70 bits per heavy atom. The summed E-state index contributed by atoms with van der Waals surface area (Å²) in [6, 6.07) is 4.84. The van der Waals surface area contributed by atoms with E-state index in [0.717, 1.165) is 24.0 Å². The quantitative estimate of drug-likeness (QED) is 0.829. The van der Waals surface area contributed by atoms with E-state index in [2.05, 4.69) is 5.32 Å². The minimum absolute atomic E-state index is 0.0668. The van der Waals surface area contributed by atoms with Crippen LogP contribution in [-0.4, -0.2) is 29.6 Å². The molecule has 2 N–H and O–H groups in total. The number of carboxylic acids is 1. The highest BCUT2D eigenvalue weighted by Gasteiger charge is 2.37. The first-order chi connectivity index (χ1) is 9.49. The van der Waals surface area contributed by atoms with Crippen molar-refractivity contribution >= 4 is 11.9 Å². The van der Waals surface area contributed by atoms with Gasteiger partial charge in [0.25, 0.3) is 5.91 Å². The summed E-state index contributed by atoms with van der Waals surface area (Å²) in [7, 11) is 0. The van der Waals surface area contributed by atoms with E-state index in [9.17, 15) is 9.59 Å². The summed E-state index contributed by atoms with van der Waals surface area (Å²) < 4.78 is 5.46. The summed E-state index contributed by atoms with van der Waals surface area (Å²) in [5, 5.41) is 11.6. The predicted molar refractivity (Wildman–Crippen MR) is 73.7 cm³/mol. The first-order valence-electron chi connectivity index (χ1n) is 6.70. The van der Waals surface area contributed by atoms with E-state index in [-0.39, 0.29) is 12.5 Å². The zero-order valence-electron chi connectivity index (χ0n) is 11.7. The van der Waals surface area contributed by atoms with Crippen molar-refractivity contribution in [3.8, 4) is 5.75 Å². The third kappa shape index (κ3) is 3.50. The predicted octanol–water partition coefficient (Wildman–Crippen LogP) is 1.66. The number of carbonyl (C=O) groups is 2. The van der Waals surface area contributed by atoms with Crippen molar-refractivity contribution in [2.75, 3.05) is 6.61 Å². The van der Waals surface area contributed by atoms with E-state index >= 15 is 0 Å². The zero-order chi connectivity index (χ0) is 14.7. The minimum atomic E-state index is -0.979. The molecule has 1 aromatic rings. The van der Waals surface area contributed by atoms with Crippen LogP contribution in [0.4, 0.5) is 0 Å². The molecule has 0 heterocycles. The summed E-state index contributed by atoms with van der Waals surface area (Å²) in [4.78, 5) is 22.8. The number of carboxylic acid groups (broad SMARTS) is 1. The van der Waals surface area contributed by atoms with Crippen LogP contribution in [0.25, 0.3) is 0 Å². The molecular formula is C15H19NO4. The fourth-order valence-corrected chi connectivity index (χ4v) is 2.05. The standard InChI is InChI=1S/C15H19NO4/c1-9-4-3-5-12(10(9)2)20-8-13(17)16-14(15(18)19)11-6-7-11/h3-5,11,14H,6-8H2,1-2H3,(H,16,17)(H,18,19). The summed E-state index contributed by atoms with van der Waals surface area (Å²) in [6.45, 7) is 3.73. The molecule has 2 rings (SSSR count). The van der Waals surface area contributed by atoms with Crippen LogP contribution < -0.4 is 10.1 Å². The average molecular weight is 277 g/mol. The molecule has 0 aromatic heterocycles. The van der Waals surface area contributed by atoms with Gasteiger partial charge in [0.1, 0.15) is 11.8 Å². The van der Waals surface area contributed by atoms with Crippen molar-refractivity contribution in [2.45, 2.75) is 32.7 Å². The second-order valence-electron chi connectivity index (χ2n) is 5.21. The Morgan fingerprint density at radius 1 is 1.40 bits per heavy atom. The van der Waals surface area contributed by atoms with Gasteiger partial charge in [0.2, 0.25) is 0 Å². The molecule has 0 spiro atoms. The van der Waals surface area contributed by atoms with E-state index < -0.39 is 17.9 Å². The maximum Gasteiger partial charge on any atom is 0.326 e. The Kier molecular flexibility index (Phi) is 4.27. The molecule has 0 saturated heterocycles. The maximum atomic E-state index is 11.8. The van der Waals surface area contributed by atoms with Gasteiger partial charge in [-0.3, -0.25) is 4.79 Å². The van der Waals surface area contributed by atoms with Crippen LogP contribution >= 0.6 is 0 Å². The van der Waals surface area contributed by atoms with Gasteiger partial charge in [0.05, 0.1) is 0 Å². The van der Waals surface area contributed by atoms with E-state index in [1.165, 1.54) is 0 Å². The van der Waals surface area contributed by atoms with Gasteiger partial charge in [0.15, 0.2) is 6.61 Å². The number of aryl methyl sites for hydroxylation is 1. The van der Waals surface area contributed by atoms with Gasteiger partial charge in [0, 0.05) is 0 Å². The molecule has 0 aliphatic heterocycles. The molecule has 0 bridgehead atoms. The molecule has 5 heteroatoms. The van der Waals surface area contributed by atoms with Gasteiger partial charge in [-0.2, -0.15) is 0 Å². The number of benzene rings is 1. The molecule has 1 atom stereocenters. The van der Waals surface area contributed by atoms with Gasteiger partial charge in [-0.1, -0.05) is 12.1 Å².